The van der Waals surface area contributed by atoms with Crippen molar-refractivity contribution in [3.63, 3.8) is 0 Å². The number of para-hydroxylation sites is 1. The van der Waals surface area contributed by atoms with Gasteiger partial charge in [0.25, 0.3) is 0 Å². The monoisotopic (exact) mass is 1250 g/mol. The average Bonchev–Trinajstić information content (AvgIpc) is 3.23. The predicted molar refractivity (Wildman–Crippen MR) is 268 cm³/mol. The number of hydrogen-bond donors (Lipinski definition) is 0. The number of hydrogen-bond acceptors (Lipinski definition) is 5. The first-order valence-electron chi connectivity index (χ1n) is 20.4. The van der Waals surface area contributed by atoms with E-state index in [0.29, 0.717) is 0 Å². The molecule has 0 aliphatic heterocycles. The Bertz CT molecular complexity index is 1770. The maximum Gasteiger partial charge on any atom is 0.180 e. The Balaban J connectivity index is 0.00000110. The number of rotatable bonds is 8. The summed E-state index contributed by atoms with van der Waals surface area (Å²) in [6.45, 7) is 0. The molecule has 5 aromatic rings. The van der Waals surface area contributed by atoms with Crippen LogP contribution in [0.2, 0.25) is 0 Å². The zero-order valence-corrected chi connectivity index (χ0v) is 46.2. The van der Waals surface area contributed by atoms with Crippen LogP contribution in [0, 0.1) is 10.2 Å². The second-order valence-corrected chi connectivity index (χ2v) is 22.6. The SMILES string of the molecule is C1=C\CC/C=C\CC/1.C1=C\CC/C=C\CC/1.ClC(Cl)Cl.ClC(Cl)Cl.[O-][Cl+3]([O-])([O-])[O-].[O-]c1c(CP(c2ccccc2)c2ccccc2)cccc1CP(c1ccccc1)c1ccccc1.[Rh].[Rh]. The Morgan fingerprint density at radius 1 is 0.364 bits per heavy atom. The molecule has 2 aliphatic rings. The van der Waals surface area contributed by atoms with E-state index < -0.39 is 34.7 Å². The van der Waals surface area contributed by atoms with E-state index in [1.807, 2.05) is 12.1 Å². The fourth-order valence-electron chi connectivity index (χ4n) is 6.04. The van der Waals surface area contributed by atoms with E-state index in [-0.39, 0.29) is 44.7 Å². The summed E-state index contributed by atoms with van der Waals surface area (Å²) in [5, 5.41) is 19.0. The normalized spacial score (nSPS) is 14.7. The summed E-state index contributed by atoms with van der Waals surface area (Å²) >= 11 is 28.8. The van der Waals surface area contributed by atoms with E-state index in [9.17, 15) is 5.11 Å². The molecule has 7 rings (SSSR count). The number of benzene rings is 5. The molecule has 0 atom stereocenters. The minimum atomic E-state index is -4.94. The van der Waals surface area contributed by atoms with Gasteiger partial charge in [0.2, 0.25) is 0 Å². The van der Waals surface area contributed by atoms with Crippen LogP contribution in [0.5, 0.6) is 5.75 Å². The third-order valence-electron chi connectivity index (χ3n) is 8.77. The Morgan fingerprint density at radius 3 is 0.727 bits per heavy atom. The van der Waals surface area contributed by atoms with Gasteiger partial charge in [-0.3, -0.25) is 0 Å². The molecule has 5 aromatic carbocycles. The summed E-state index contributed by atoms with van der Waals surface area (Å²) in [7, 11) is -6.26. The van der Waals surface area contributed by atoms with Gasteiger partial charge in [-0.1, -0.05) is 269 Å². The molecule has 16 heteroatoms. The van der Waals surface area contributed by atoms with Crippen molar-refractivity contribution >= 4 is 107 Å². The Morgan fingerprint density at radius 2 is 0.545 bits per heavy atom. The van der Waals surface area contributed by atoms with Crippen LogP contribution in [0.3, 0.4) is 0 Å². The van der Waals surface area contributed by atoms with Crippen molar-refractivity contribution in [1.29, 1.82) is 0 Å². The van der Waals surface area contributed by atoms with Crippen molar-refractivity contribution < 1.29 is 72.9 Å². The van der Waals surface area contributed by atoms with Gasteiger partial charge < -0.3 is 5.11 Å². The van der Waals surface area contributed by atoms with Crippen molar-refractivity contribution in [2.45, 2.75) is 72.3 Å². The molecule has 362 valence electrons. The molecule has 2 aliphatic carbocycles. The van der Waals surface area contributed by atoms with Gasteiger partial charge in [-0.05, 0) is 88.4 Å². The summed E-state index contributed by atoms with van der Waals surface area (Å²) in [5.74, 6) is 0.200. The van der Waals surface area contributed by atoms with Gasteiger partial charge in [0.15, 0.2) is 8.59 Å². The van der Waals surface area contributed by atoms with Crippen LogP contribution in [-0.4, -0.2) is 8.59 Å². The summed E-state index contributed by atoms with van der Waals surface area (Å²) in [6, 6.07) is 48.6. The molecule has 0 N–H and O–H groups in total. The Labute approximate surface area is 452 Å². The van der Waals surface area contributed by atoms with Crippen LogP contribution in [0.1, 0.15) is 62.5 Å². The van der Waals surface area contributed by atoms with Gasteiger partial charge in [0, 0.05) is 51.3 Å². The zero-order chi connectivity index (χ0) is 46.8. The van der Waals surface area contributed by atoms with E-state index in [2.05, 4.69) is 176 Å². The van der Waals surface area contributed by atoms with Gasteiger partial charge in [-0.25, -0.2) is 18.6 Å². The zero-order valence-electron chi connectivity index (χ0n) is 35.9. The molecular formula is C50H53Cl7O5P2Rh2-2. The molecule has 2 radical (unpaired) electrons. The van der Waals surface area contributed by atoms with E-state index >= 15 is 0 Å². The number of alkyl halides is 6. The van der Waals surface area contributed by atoms with Crippen LogP contribution in [-0.2, 0) is 51.3 Å². The van der Waals surface area contributed by atoms with Crippen molar-refractivity contribution in [3.8, 4) is 5.75 Å². The van der Waals surface area contributed by atoms with Crippen LogP contribution in [0.25, 0.3) is 0 Å². The maximum absolute atomic E-state index is 13.8. The largest absolute Gasteiger partial charge is 0.872 e. The minimum absolute atomic E-state index is 0. The molecule has 0 amide bonds. The molecular weight excluding hydrogens is 1200 g/mol. The van der Waals surface area contributed by atoms with E-state index in [1.54, 1.807) is 0 Å². The quantitative estimate of drug-likeness (QED) is 0.0664. The smallest absolute Gasteiger partial charge is 0.180 e. The van der Waals surface area contributed by atoms with Crippen molar-refractivity contribution in [2.24, 2.45) is 0 Å². The van der Waals surface area contributed by atoms with E-state index in [1.165, 1.54) is 72.6 Å². The molecule has 0 saturated carbocycles. The predicted octanol–water partition coefficient (Wildman–Crippen LogP) is 10.6. The van der Waals surface area contributed by atoms with Crippen LogP contribution < -0.4 is 45.0 Å². The molecule has 5 nitrogen and oxygen atoms in total. The molecule has 0 fully saturated rings. The van der Waals surface area contributed by atoms with E-state index in [4.69, 9.17) is 88.2 Å². The third-order valence-corrected chi connectivity index (χ3v) is 13.8. The topological polar surface area (TPSA) is 115 Å². The van der Waals surface area contributed by atoms with Crippen LogP contribution >= 0.6 is 85.4 Å². The maximum atomic E-state index is 13.8. The fraction of sp³-hybridized carbons (Fsp3) is 0.240. The standard InChI is InChI=1S/C32H28OP2.2C8H12.2CHCl3.ClHO4.2Rh/c33-32-26(24-34(28-16-5-1-6-17-28)29-18-7-2-8-19-29)14-13-15-27(32)25-35(30-20-9-3-10-21-30)31-22-11-4-12-23-31;2*1-2-4-6-8-7-5-3-1;2*2-1(3)4;2-1(3,4)5;;/h1-23,33H,24-25H2;2*1-2,7-8H,3-6H2;2*1H;(H,2,3,4,5);;/p-2/b;2*2-1-,8-7-;;;;;. The van der Waals surface area contributed by atoms with Gasteiger partial charge in [-0.2, -0.15) is 0 Å². The molecule has 66 heavy (non-hydrogen) atoms. The van der Waals surface area contributed by atoms with E-state index in [0.717, 1.165) is 23.5 Å². The molecule has 0 aromatic heterocycles. The van der Waals surface area contributed by atoms with Crippen molar-refractivity contribution in [1.82, 2.24) is 0 Å². The first kappa shape index (κ1) is 64.8. The van der Waals surface area contributed by atoms with Crippen LogP contribution in [0.15, 0.2) is 188 Å². The van der Waals surface area contributed by atoms with Gasteiger partial charge in [0.1, 0.15) is 0 Å². The first-order chi connectivity index (χ1) is 30.8. The molecule has 0 bridgehead atoms. The Kier molecular flexibility index (Phi) is 39.8. The van der Waals surface area contributed by atoms with Gasteiger partial charge in [-0.15, -0.1) is 16.0 Å². The molecule has 0 spiro atoms. The van der Waals surface area contributed by atoms with Gasteiger partial charge in [0.05, 0.1) is 0 Å². The fourth-order valence-corrected chi connectivity index (χ4v) is 10.7. The Hall–Kier alpha value is -1.16. The number of halogens is 7. The third kappa shape index (κ3) is 33.4. The van der Waals surface area contributed by atoms with Crippen molar-refractivity contribution in [3.05, 3.63) is 199 Å². The summed E-state index contributed by atoms with van der Waals surface area (Å²) in [4.78, 5) is 0. The number of allylic oxidation sites excluding steroid dienone is 8. The van der Waals surface area contributed by atoms with Gasteiger partial charge >= 0.3 is 0 Å². The minimum Gasteiger partial charge on any atom is -0.872 e. The summed E-state index contributed by atoms with van der Waals surface area (Å²) < 4.78 is 32.5. The second kappa shape index (κ2) is 40.6. The molecule has 0 saturated heterocycles. The molecule has 0 heterocycles. The van der Waals surface area contributed by atoms with Crippen molar-refractivity contribution in [2.75, 3.05) is 0 Å². The second-order valence-electron chi connectivity index (χ2n) is 13.5. The summed E-state index contributed by atoms with van der Waals surface area (Å²) in [6.07, 6.45) is 29.5. The average molecular weight is 1250 g/mol. The first-order valence-corrected chi connectivity index (χ1v) is 27.3. The summed E-state index contributed by atoms with van der Waals surface area (Å²) in [5.41, 5.74) is 1.83. The molecule has 0 unspecified atom stereocenters. The van der Waals surface area contributed by atoms with Crippen LogP contribution in [0.4, 0.5) is 0 Å².